The van der Waals surface area contributed by atoms with Gasteiger partial charge in [0.2, 0.25) is 5.91 Å². The molecular weight excluding hydrogens is 390 g/mol. The number of anilines is 1. The van der Waals surface area contributed by atoms with Gasteiger partial charge < -0.3 is 10.6 Å². The lowest BCUT2D eigenvalue weighted by molar-refractivity contribution is -0.115. The summed E-state index contributed by atoms with van der Waals surface area (Å²) in [6, 6.07) is 12.0. The van der Waals surface area contributed by atoms with Crippen molar-refractivity contribution in [1.29, 1.82) is 0 Å². The van der Waals surface area contributed by atoms with E-state index in [0.29, 0.717) is 30.6 Å². The van der Waals surface area contributed by atoms with E-state index in [1.807, 2.05) is 12.1 Å². The summed E-state index contributed by atoms with van der Waals surface area (Å²) in [7, 11) is -3.23. The first kappa shape index (κ1) is 21.0. The zero-order valence-corrected chi connectivity index (χ0v) is 17.0. The van der Waals surface area contributed by atoms with Gasteiger partial charge >= 0.3 is 0 Å². The Morgan fingerprint density at radius 2 is 1.86 bits per heavy atom. The zero-order chi connectivity index (χ0) is 20.7. The molecule has 0 saturated heterocycles. The van der Waals surface area contributed by atoms with Crippen molar-refractivity contribution < 1.29 is 18.0 Å². The molecule has 7 nitrogen and oxygen atoms in total. The van der Waals surface area contributed by atoms with E-state index in [2.05, 4.69) is 15.6 Å². The van der Waals surface area contributed by atoms with E-state index in [1.165, 1.54) is 0 Å². The molecule has 0 radical (unpaired) electrons. The summed E-state index contributed by atoms with van der Waals surface area (Å²) >= 11 is 0. The fraction of sp³-hybridized carbons (Fsp3) is 0.381. The summed E-state index contributed by atoms with van der Waals surface area (Å²) in [5.41, 5.74) is 1.60. The molecule has 1 fully saturated rings. The molecule has 2 amide bonds. The fourth-order valence-corrected chi connectivity index (χ4v) is 5.24. The first-order chi connectivity index (χ1) is 13.9. The van der Waals surface area contributed by atoms with Gasteiger partial charge in [-0.3, -0.25) is 14.6 Å². The van der Waals surface area contributed by atoms with Gasteiger partial charge in [-0.2, -0.15) is 0 Å². The van der Waals surface area contributed by atoms with Crippen LogP contribution in [0.5, 0.6) is 0 Å². The van der Waals surface area contributed by atoms with Gasteiger partial charge in [0.15, 0.2) is 9.84 Å². The molecule has 0 unspecified atom stereocenters. The van der Waals surface area contributed by atoms with Gasteiger partial charge in [0.25, 0.3) is 5.91 Å². The molecule has 1 aliphatic carbocycles. The lowest BCUT2D eigenvalue weighted by Gasteiger charge is -2.11. The Hall–Kier alpha value is -2.74. The average Bonchev–Trinajstić information content (AvgIpc) is 3.28. The van der Waals surface area contributed by atoms with Gasteiger partial charge in [0.1, 0.15) is 0 Å². The minimum absolute atomic E-state index is 0.0884. The minimum atomic E-state index is -3.23. The number of pyridine rings is 1. The van der Waals surface area contributed by atoms with Crippen LogP contribution in [0, 0.1) is 0 Å². The second kappa shape index (κ2) is 9.65. The Morgan fingerprint density at radius 3 is 2.59 bits per heavy atom. The van der Waals surface area contributed by atoms with Crippen LogP contribution in [-0.2, 0) is 21.2 Å². The predicted octanol–water partition coefficient (Wildman–Crippen LogP) is 2.70. The molecule has 0 aliphatic heterocycles. The van der Waals surface area contributed by atoms with E-state index in [0.717, 1.165) is 18.5 Å². The lowest BCUT2D eigenvalue weighted by Crippen LogP contribution is -2.25. The van der Waals surface area contributed by atoms with E-state index in [4.69, 9.17) is 0 Å². The number of amides is 2. The first-order valence-electron chi connectivity index (χ1n) is 9.73. The van der Waals surface area contributed by atoms with Crippen molar-refractivity contribution in [3.05, 3.63) is 59.9 Å². The van der Waals surface area contributed by atoms with Crippen molar-refractivity contribution in [3.63, 3.8) is 0 Å². The third-order valence-electron chi connectivity index (χ3n) is 4.99. The molecule has 29 heavy (non-hydrogen) atoms. The summed E-state index contributed by atoms with van der Waals surface area (Å²) in [5, 5.41) is 5.15. The Labute approximate surface area is 170 Å². The SMILES string of the molecule is O=C(CCS(=O)(=O)C1CCCC1)Nc1cccc(C(=O)NCc2ccccn2)c1. The van der Waals surface area contributed by atoms with Crippen LogP contribution in [0.2, 0.25) is 0 Å². The minimum Gasteiger partial charge on any atom is -0.346 e. The molecule has 0 spiro atoms. The van der Waals surface area contributed by atoms with Gasteiger partial charge in [0.05, 0.1) is 23.2 Å². The van der Waals surface area contributed by atoms with Crippen molar-refractivity contribution in [2.45, 2.75) is 43.9 Å². The van der Waals surface area contributed by atoms with E-state index in [-0.39, 0.29) is 29.2 Å². The van der Waals surface area contributed by atoms with Crippen LogP contribution in [0.1, 0.15) is 48.2 Å². The van der Waals surface area contributed by atoms with Crippen LogP contribution < -0.4 is 10.6 Å². The van der Waals surface area contributed by atoms with Crippen molar-refractivity contribution in [2.75, 3.05) is 11.1 Å². The third-order valence-corrected chi connectivity index (χ3v) is 7.25. The zero-order valence-electron chi connectivity index (χ0n) is 16.1. The van der Waals surface area contributed by atoms with E-state index < -0.39 is 9.84 Å². The van der Waals surface area contributed by atoms with Gasteiger partial charge in [-0.05, 0) is 43.2 Å². The number of nitrogens with one attached hydrogen (secondary N) is 2. The highest BCUT2D eigenvalue weighted by molar-refractivity contribution is 7.92. The number of benzene rings is 1. The standard InChI is InChI=1S/C21H25N3O4S/c25-20(11-13-29(27,28)19-9-1-2-10-19)24-17-8-5-6-16(14-17)21(26)23-15-18-7-3-4-12-22-18/h3-8,12,14,19H,1-2,9-11,13,15H2,(H,23,26)(H,24,25). The highest BCUT2D eigenvalue weighted by Gasteiger charge is 2.28. The fourth-order valence-electron chi connectivity index (χ4n) is 3.39. The van der Waals surface area contributed by atoms with Crippen molar-refractivity contribution in [3.8, 4) is 0 Å². The Balaban J connectivity index is 1.52. The van der Waals surface area contributed by atoms with Crippen molar-refractivity contribution in [1.82, 2.24) is 10.3 Å². The maximum atomic E-state index is 12.3. The van der Waals surface area contributed by atoms with Crippen LogP contribution in [0.15, 0.2) is 48.7 Å². The second-order valence-corrected chi connectivity index (χ2v) is 9.56. The molecule has 3 rings (SSSR count). The number of hydrogen-bond donors (Lipinski definition) is 2. The number of nitrogens with zero attached hydrogens (tertiary/aromatic N) is 1. The number of hydrogen-bond acceptors (Lipinski definition) is 5. The summed E-state index contributed by atoms with van der Waals surface area (Å²) in [6.45, 7) is 0.301. The normalized spacial score (nSPS) is 14.5. The number of sulfone groups is 1. The topological polar surface area (TPSA) is 105 Å². The maximum absolute atomic E-state index is 12.3. The van der Waals surface area contributed by atoms with Gasteiger partial charge in [-0.15, -0.1) is 0 Å². The summed E-state index contributed by atoms with van der Waals surface area (Å²) in [5.74, 6) is -0.804. The highest BCUT2D eigenvalue weighted by atomic mass is 32.2. The lowest BCUT2D eigenvalue weighted by atomic mass is 10.2. The molecule has 1 heterocycles. The summed E-state index contributed by atoms with van der Waals surface area (Å²) in [4.78, 5) is 28.7. The third kappa shape index (κ3) is 6.12. The molecule has 1 aliphatic rings. The molecule has 0 atom stereocenters. The van der Waals surface area contributed by atoms with Crippen LogP contribution in [0.25, 0.3) is 0 Å². The summed E-state index contributed by atoms with van der Waals surface area (Å²) in [6.07, 6.45) is 4.83. The van der Waals surface area contributed by atoms with Crippen LogP contribution in [0.4, 0.5) is 5.69 Å². The van der Waals surface area contributed by atoms with Gasteiger partial charge in [-0.1, -0.05) is 25.0 Å². The van der Waals surface area contributed by atoms with Gasteiger partial charge in [-0.25, -0.2) is 8.42 Å². The van der Waals surface area contributed by atoms with Crippen LogP contribution >= 0.6 is 0 Å². The van der Waals surface area contributed by atoms with Crippen molar-refractivity contribution in [2.24, 2.45) is 0 Å². The molecule has 2 N–H and O–H groups in total. The molecule has 1 aromatic carbocycles. The smallest absolute Gasteiger partial charge is 0.251 e. The van der Waals surface area contributed by atoms with Crippen LogP contribution in [-0.4, -0.2) is 36.2 Å². The van der Waals surface area contributed by atoms with Crippen LogP contribution in [0.3, 0.4) is 0 Å². The van der Waals surface area contributed by atoms with Crippen molar-refractivity contribution >= 4 is 27.3 Å². The molecule has 2 aromatic rings. The van der Waals surface area contributed by atoms with Gasteiger partial charge in [0, 0.05) is 23.9 Å². The number of carbonyl (C=O) groups is 2. The maximum Gasteiger partial charge on any atom is 0.251 e. The highest BCUT2D eigenvalue weighted by Crippen LogP contribution is 2.25. The largest absolute Gasteiger partial charge is 0.346 e. The first-order valence-corrected chi connectivity index (χ1v) is 11.5. The quantitative estimate of drug-likeness (QED) is 0.690. The number of rotatable bonds is 8. The molecule has 0 bridgehead atoms. The average molecular weight is 416 g/mol. The second-order valence-electron chi connectivity index (χ2n) is 7.16. The van der Waals surface area contributed by atoms with E-state index in [1.54, 1.807) is 36.5 Å². The number of aromatic nitrogens is 1. The van der Waals surface area contributed by atoms with E-state index >= 15 is 0 Å². The molecular formula is C21H25N3O4S. The Morgan fingerprint density at radius 1 is 1.07 bits per heavy atom. The Kier molecular flexibility index (Phi) is 6.98. The molecule has 8 heteroatoms. The monoisotopic (exact) mass is 415 g/mol. The molecule has 1 aromatic heterocycles. The predicted molar refractivity (Wildman–Crippen MR) is 111 cm³/mol. The summed E-state index contributed by atoms with van der Waals surface area (Å²) < 4.78 is 24.6. The van der Waals surface area contributed by atoms with E-state index in [9.17, 15) is 18.0 Å². The Bertz CT molecular complexity index is 955. The number of carbonyl (C=O) groups excluding carboxylic acids is 2. The molecule has 154 valence electrons. The molecule has 1 saturated carbocycles.